The highest BCUT2D eigenvalue weighted by molar-refractivity contribution is 7.17. The Bertz CT molecular complexity index is 926. The summed E-state index contributed by atoms with van der Waals surface area (Å²) in [5, 5.41) is 3.09. The van der Waals surface area contributed by atoms with Crippen molar-refractivity contribution in [1.82, 2.24) is 4.90 Å². The summed E-state index contributed by atoms with van der Waals surface area (Å²) in [6.45, 7) is 4.03. The smallest absolute Gasteiger partial charge is 0.341 e. The Morgan fingerprint density at radius 1 is 1.24 bits per heavy atom. The average Bonchev–Trinajstić information content (AvgIpc) is 3.04. The molecule has 1 aromatic carbocycles. The summed E-state index contributed by atoms with van der Waals surface area (Å²) in [5.74, 6) is -1.04. The molecule has 2 heterocycles. The van der Waals surface area contributed by atoms with Crippen LogP contribution >= 0.6 is 11.3 Å². The Kier molecular flexibility index (Phi) is 6.48. The summed E-state index contributed by atoms with van der Waals surface area (Å²) in [6, 6.07) is 5.32. The van der Waals surface area contributed by atoms with Gasteiger partial charge in [-0.05, 0) is 43.2 Å². The van der Waals surface area contributed by atoms with Crippen LogP contribution in [0.5, 0.6) is 5.75 Å². The number of ether oxygens (including phenoxy) is 2. The van der Waals surface area contributed by atoms with Crippen LogP contribution in [0.3, 0.4) is 0 Å². The third-order valence-corrected chi connectivity index (χ3v) is 5.55. The highest BCUT2D eigenvalue weighted by Gasteiger charge is 2.30. The SMILES string of the molecule is CCOC(=O)c1c(NC(=O)COc2ccc(F)cc2)sc2c1CCN(C(C)=O)C2. The lowest BCUT2D eigenvalue weighted by Gasteiger charge is -2.25. The van der Waals surface area contributed by atoms with Gasteiger partial charge in [-0.15, -0.1) is 11.3 Å². The van der Waals surface area contributed by atoms with Crippen LogP contribution in [0, 0.1) is 5.82 Å². The van der Waals surface area contributed by atoms with Gasteiger partial charge in [-0.3, -0.25) is 9.59 Å². The van der Waals surface area contributed by atoms with Crippen LogP contribution in [0.25, 0.3) is 0 Å². The van der Waals surface area contributed by atoms with Crippen LogP contribution < -0.4 is 10.1 Å². The number of amides is 2. The van der Waals surface area contributed by atoms with Crippen molar-refractivity contribution < 1.29 is 28.2 Å². The zero-order valence-corrected chi connectivity index (χ0v) is 16.9. The standard InChI is InChI=1S/C20H21FN2O5S/c1-3-27-20(26)18-15-8-9-23(12(2)24)10-16(15)29-19(18)22-17(25)11-28-14-6-4-13(21)5-7-14/h4-7H,3,8-11H2,1-2H3,(H,22,25). The van der Waals surface area contributed by atoms with E-state index in [4.69, 9.17) is 9.47 Å². The monoisotopic (exact) mass is 420 g/mol. The lowest BCUT2D eigenvalue weighted by atomic mass is 10.0. The van der Waals surface area contributed by atoms with Crippen LogP contribution in [-0.2, 0) is 27.3 Å². The molecule has 0 fully saturated rings. The predicted molar refractivity (Wildman–Crippen MR) is 106 cm³/mol. The molecule has 1 aliphatic heterocycles. The minimum Gasteiger partial charge on any atom is -0.484 e. The van der Waals surface area contributed by atoms with Crippen molar-refractivity contribution in [1.29, 1.82) is 0 Å². The predicted octanol–water partition coefficient (Wildman–Crippen LogP) is 2.99. The van der Waals surface area contributed by atoms with Gasteiger partial charge in [0.25, 0.3) is 5.91 Å². The van der Waals surface area contributed by atoms with Gasteiger partial charge < -0.3 is 19.7 Å². The fraction of sp³-hybridized carbons (Fsp3) is 0.350. The Hall–Kier alpha value is -2.94. The molecule has 0 aliphatic carbocycles. The summed E-state index contributed by atoms with van der Waals surface area (Å²) in [4.78, 5) is 39.1. The van der Waals surface area contributed by atoms with E-state index in [0.717, 1.165) is 10.4 Å². The van der Waals surface area contributed by atoms with Gasteiger partial charge in [-0.2, -0.15) is 0 Å². The highest BCUT2D eigenvalue weighted by atomic mass is 32.1. The first kappa shape index (κ1) is 20.8. The van der Waals surface area contributed by atoms with Crippen molar-refractivity contribution in [2.75, 3.05) is 25.1 Å². The number of esters is 1. The number of nitrogens with zero attached hydrogens (tertiary/aromatic N) is 1. The molecule has 0 saturated heterocycles. The summed E-state index contributed by atoms with van der Waals surface area (Å²) >= 11 is 1.26. The summed E-state index contributed by atoms with van der Waals surface area (Å²) in [6.07, 6.45) is 0.515. The normalized spacial score (nSPS) is 12.9. The van der Waals surface area contributed by atoms with Gasteiger partial charge in [0.05, 0.1) is 18.7 Å². The molecule has 0 unspecified atom stereocenters. The fourth-order valence-electron chi connectivity index (χ4n) is 3.02. The molecule has 154 valence electrons. The number of nitrogens with one attached hydrogen (secondary N) is 1. The van der Waals surface area contributed by atoms with Crippen molar-refractivity contribution >= 4 is 34.1 Å². The zero-order valence-electron chi connectivity index (χ0n) is 16.1. The molecule has 1 N–H and O–H groups in total. The van der Waals surface area contributed by atoms with Gasteiger partial charge in [-0.25, -0.2) is 9.18 Å². The molecule has 2 amide bonds. The Morgan fingerprint density at radius 2 is 1.97 bits per heavy atom. The minimum atomic E-state index is -0.504. The molecule has 0 spiro atoms. The maximum atomic E-state index is 12.9. The molecule has 2 aromatic rings. The third kappa shape index (κ3) is 4.92. The van der Waals surface area contributed by atoms with E-state index in [1.807, 2.05) is 0 Å². The first-order chi connectivity index (χ1) is 13.9. The van der Waals surface area contributed by atoms with Crippen molar-refractivity contribution in [2.24, 2.45) is 0 Å². The molecule has 29 heavy (non-hydrogen) atoms. The summed E-state index contributed by atoms with van der Waals surface area (Å²) < 4.78 is 23.5. The quantitative estimate of drug-likeness (QED) is 0.727. The number of benzene rings is 1. The van der Waals surface area contributed by atoms with E-state index < -0.39 is 17.7 Å². The van der Waals surface area contributed by atoms with Crippen LogP contribution in [0.2, 0.25) is 0 Å². The van der Waals surface area contributed by atoms with Gasteiger partial charge in [-0.1, -0.05) is 0 Å². The van der Waals surface area contributed by atoms with Crippen molar-refractivity contribution in [3.8, 4) is 5.75 Å². The van der Waals surface area contributed by atoms with E-state index in [9.17, 15) is 18.8 Å². The van der Waals surface area contributed by atoms with E-state index in [-0.39, 0.29) is 19.1 Å². The van der Waals surface area contributed by atoms with Crippen molar-refractivity contribution in [3.05, 3.63) is 46.1 Å². The molecule has 7 nitrogen and oxygen atoms in total. The molecule has 0 saturated carbocycles. The first-order valence-corrected chi connectivity index (χ1v) is 9.96. The topological polar surface area (TPSA) is 84.9 Å². The first-order valence-electron chi connectivity index (χ1n) is 9.14. The second kappa shape index (κ2) is 9.04. The number of anilines is 1. The molecule has 1 aromatic heterocycles. The number of thiophene rings is 1. The van der Waals surface area contributed by atoms with Gasteiger partial charge in [0.15, 0.2) is 6.61 Å². The van der Waals surface area contributed by atoms with E-state index in [2.05, 4.69) is 5.32 Å². The number of hydrogen-bond donors (Lipinski definition) is 1. The number of rotatable bonds is 6. The van der Waals surface area contributed by atoms with Gasteiger partial charge in [0.1, 0.15) is 16.6 Å². The van der Waals surface area contributed by atoms with Crippen LogP contribution in [0.15, 0.2) is 24.3 Å². The number of carbonyl (C=O) groups is 3. The summed E-state index contributed by atoms with van der Waals surface area (Å²) in [5.41, 5.74) is 1.14. The van der Waals surface area contributed by atoms with E-state index in [1.54, 1.807) is 11.8 Å². The van der Waals surface area contributed by atoms with E-state index in [1.165, 1.54) is 42.5 Å². The minimum absolute atomic E-state index is 0.0416. The van der Waals surface area contributed by atoms with E-state index in [0.29, 0.717) is 35.8 Å². The van der Waals surface area contributed by atoms with Gasteiger partial charge in [0, 0.05) is 18.3 Å². The molecular formula is C20H21FN2O5S. The number of halogens is 1. The molecule has 1 aliphatic rings. The lowest BCUT2D eigenvalue weighted by Crippen LogP contribution is -2.34. The van der Waals surface area contributed by atoms with Crippen LogP contribution in [0.1, 0.15) is 34.6 Å². The average molecular weight is 420 g/mol. The second-order valence-electron chi connectivity index (χ2n) is 6.41. The summed E-state index contributed by atoms with van der Waals surface area (Å²) in [7, 11) is 0. The molecule has 0 bridgehead atoms. The van der Waals surface area contributed by atoms with Crippen LogP contribution in [-0.4, -0.2) is 42.4 Å². The van der Waals surface area contributed by atoms with Crippen LogP contribution in [0.4, 0.5) is 9.39 Å². The molecule has 0 radical (unpaired) electrons. The molecule has 3 rings (SSSR count). The maximum Gasteiger partial charge on any atom is 0.341 e. The number of hydrogen-bond acceptors (Lipinski definition) is 6. The third-order valence-electron chi connectivity index (χ3n) is 4.42. The Balaban J connectivity index is 1.76. The molecule has 0 atom stereocenters. The van der Waals surface area contributed by atoms with E-state index >= 15 is 0 Å². The number of carbonyl (C=O) groups excluding carboxylic acids is 3. The Morgan fingerprint density at radius 3 is 2.62 bits per heavy atom. The lowest BCUT2D eigenvalue weighted by molar-refractivity contribution is -0.129. The van der Waals surface area contributed by atoms with Crippen molar-refractivity contribution in [2.45, 2.75) is 26.8 Å². The highest BCUT2D eigenvalue weighted by Crippen LogP contribution is 2.37. The number of fused-ring (bicyclic) bond motifs is 1. The maximum absolute atomic E-state index is 12.9. The molecular weight excluding hydrogens is 399 g/mol. The van der Waals surface area contributed by atoms with Gasteiger partial charge >= 0.3 is 5.97 Å². The largest absolute Gasteiger partial charge is 0.484 e. The fourth-order valence-corrected chi connectivity index (χ4v) is 4.29. The molecule has 9 heteroatoms. The van der Waals surface area contributed by atoms with Gasteiger partial charge in [0.2, 0.25) is 5.91 Å². The Labute approximate surface area is 171 Å². The van der Waals surface area contributed by atoms with Crippen molar-refractivity contribution in [3.63, 3.8) is 0 Å². The zero-order chi connectivity index (χ0) is 21.0. The second-order valence-corrected chi connectivity index (χ2v) is 7.51.